The topological polar surface area (TPSA) is 69.3 Å². The molecular formula is C38H24N4O2. The number of carbonyl (C=O) groups excluding carboxylic acids is 1. The number of imidazole rings is 2. The molecule has 3 heterocycles. The third kappa shape index (κ3) is 3.19. The van der Waals surface area contributed by atoms with Crippen molar-refractivity contribution in [2.45, 2.75) is 6.92 Å². The van der Waals surface area contributed by atoms with Crippen LogP contribution >= 0.6 is 0 Å². The Kier molecular flexibility index (Phi) is 4.95. The predicted molar refractivity (Wildman–Crippen MR) is 179 cm³/mol. The van der Waals surface area contributed by atoms with Crippen LogP contribution < -0.4 is 10.8 Å². The Bertz CT molecular complexity index is 2840. The van der Waals surface area contributed by atoms with Gasteiger partial charge in [0.1, 0.15) is 17.8 Å². The molecule has 0 radical (unpaired) electrons. The number of aryl methyl sites for hydroxylation is 1. The number of aldehydes is 1. The van der Waals surface area contributed by atoms with Crippen LogP contribution in [0.25, 0.3) is 88.3 Å². The van der Waals surface area contributed by atoms with E-state index in [1.54, 1.807) is 11.3 Å². The van der Waals surface area contributed by atoms with Gasteiger partial charge in [0.05, 0.1) is 22.1 Å². The van der Waals surface area contributed by atoms with E-state index in [1.807, 2.05) is 67.7 Å². The van der Waals surface area contributed by atoms with Crippen LogP contribution in [0.15, 0.2) is 107 Å². The molecule has 0 N–H and O–H groups in total. The van der Waals surface area contributed by atoms with E-state index in [-0.39, 0.29) is 5.56 Å². The Morgan fingerprint density at radius 3 is 2.16 bits per heavy atom. The highest BCUT2D eigenvalue weighted by atomic mass is 16.1. The fourth-order valence-corrected chi connectivity index (χ4v) is 6.97. The number of benzene rings is 6. The van der Waals surface area contributed by atoms with Crippen LogP contribution in [0, 0.1) is 0 Å². The second kappa shape index (κ2) is 8.82. The largest absolute Gasteiger partial charge is 0.327 e. The van der Waals surface area contributed by atoms with Crippen LogP contribution in [0.2, 0.25) is 0 Å². The first kappa shape index (κ1) is 24.7. The highest BCUT2D eigenvalue weighted by molar-refractivity contribution is 6.31. The summed E-state index contributed by atoms with van der Waals surface area (Å²) in [4.78, 5) is 35.5. The van der Waals surface area contributed by atoms with Gasteiger partial charge in [-0.2, -0.15) is 0 Å². The zero-order chi connectivity index (χ0) is 29.7. The molecule has 0 amide bonds. The molecule has 6 nitrogen and oxygen atoms in total. The fourth-order valence-electron chi connectivity index (χ4n) is 6.97. The maximum atomic E-state index is 14.0. The number of para-hydroxylation sites is 4. The highest BCUT2D eigenvalue weighted by Gasteiger charge is 2.20. The SMILES string of the molecule is C/C(C=O)=C\C=c1/c2cc(-c3nc4ccccc4n3C)ccc2c2ccc3c(=O)n4c5ccccc5nc4c4ccc1c2c34. The van der Waals surface area contributed by atoms with Crippen molar-refractivity contribution < 1.29 is 4.79 Å². The molecule has 0 atom stereocenters. The lowest BCUT2D eigenvalue weighted by Gasteiger charge is -2.15. The zero-order valence-corrected chi connectivity index (χ0v) is 24.0. The van der Waals surface area contributed by atoms with E-state index >= 15 is 0 Å². The monoisotopic (exact) mass is 568 g/mol. The molecule has 0 aliphatic heterocycles. The molecule has 0 spiro atoms. The third-order valence-corrected chi connectivity index (χ3v) is 9.03. The number of nitrogens with zero attached hydrogens (tertiary/aromatic N) is 4. The van der Waals surface area contributed by atoms with Crippen molar-refractivity contribution in [1.82, 2.24) is 18.9 Å². The average Bonchev–Trinajstić information content (AvgIpc) is 3.62. The summed E-state index contributed by atoms with van der Waals surface area (Å²) >= 11 is 0. The molecule has 0 bridgehead atoms. The van der Waals surface area contributed by atoms with E-state index in [9.17, 15) is 9.59 Å². The minimum atomic E-state index is -0.0740. The molecule has 208 valence electrons. The van der Waals surface area contributed by atoms with Crippen molar-refractivity contribution >= 4 is 83.2 Å². The van der Waals surface area contributed by atoms with Crippen LogP contribution in [0.1, 0.15) is 6.92 Å². The smallest absolute Gasteiger partial charge is 0.264 e. The van der Waals surface area contributed by atoms with Crippen molar-refractivity contribution in [2.75, 3.05) is 0 Å². The summed E-state index contributed by atoms with van der Waals surface area (Å²) in [5.74, 6) is 0.883. The molecular weight excluding hydrogens is 544 g/mol. The summed E-state index contributed by atoms with van der Waals surface area (Å²) in [6.07, 6.45) is 4.75. The molecule has 44 heavy (non-hydrogen) atoms. The van der Waals surface area contributed by atoms with Gasteiger partial charge in [0.25, 0.3) is 5.56 Å². The third-order valence-electron chi connectivity index (χ3n) is 9.03. The minimum Gasteiger partial charge on any atom is -0.327 e. The van der Waals surface area contributed by atoms with Crippen LogP contribution in [0.5, 0.6) is 0 Å². The van der Waals surface area contributed by atoms with Crippen molar-refractivity contribution in [3.8, 4) is 11.4 Å². The van der Waals surface area contributed by atoms with Gasteiger partial charge in [-0.25, -0.2) is 9.97 Å². The maximum Gasteiger partial charge on any atom is 0.264 e. The first-order chi connectivity index (χ1) is 21.5. The molecule has 6 aromatic carbocycles. The van der Waals surface area contributed by atoms with Gasteiger partial charge in [0.2, 0.25) is 0 Å². The molecule has 9 aromatic rings. The first-order valence-electron chi connectivity index (χ1n) is 14.6. The molecule has 0 unspecified atom stereocenters. The standard InChI is InChI=1S/C38H24N4O2/c1-21(20-43)11-13-23-25-15-17-27-35-28(38(44)42-33-10-6-4-8-31(33)40-37(27)42)18-16-26(34(25)35)24-14-12-22(19-29(23)24)36-39-30-7-3-5-9-32(30)41(36)2/h3-20H,1-2H3/b21-11+,23-13-. The van der Waals surface area contributed by atoms with Gasteiger partial charge in [-0.05, 0) is 87.1 Å². The number of rotatable bonds is 3. The number of aromatic nitrogens is 4. The Morgan fingerprint density at radius 1 is 0.705 bits per heavy atom. The number of carbonyl (C=O) groups is 1. The second-order valence-electron chi connectivity index (χ2n) is 11.5. The quantitative estimate of drug-likeness (QED) is 0.0987. The Balaban J connectivity index is 1.46. The molecule has 6 heteroatoms. The van der Waals surface area contributed by atoms with E-state index in [2.05, 4.69) is 47.0 Å². The van der Waals surface area contributed by atoms with E-state index in [0.29, 0.717) is 16.6 Å². The number of fused-ring (bicyclic) bond motifs is 7. The van der Waals surface area contributed by atoms with Crippen LogP contribution in [0.4, 0.5) is 0 Å². The Morgan fingerprint density at radius 2 is 1.36 bits per heavy atom. The van der Waals surface area contributed by atoms with Crippen molar-refractivity contribution in [2.24, 2.45) is 7.05 Å². The van der Waals surface area contributed by atoms with Gasteiger partial charge in [-0.3, -0.25) is 14.0 Å². The minimum absolute atomic E-state index is 0.0740. The summed E-state index contributed by atoms with van der Waals surface area (Å²) in [6, 6.07) is 30.6. The van der Waals surface area contributed by atoms with E-state index in [1.165, 1.54) is 0 Å². The molecule has 0 fully saturated rings. The van der Waals surface area contributed by atoms with Gasteiger partial charge < -0.3 is 4.57 Å². The second-order valence-corrected chi connectivity index (χ2v) is 11.5. The lowest BCUT2D eigenvalue weighted by atomic mass is 9.89. The fraction of sp³-hybridized carbons (Fsp3) is 0.0526. The van der Waals surface area contributed by atoms with Crippen LogP contribution in [0.3, 0.4) is 0 Å². The normalized spacial score (nSPS) is 13.2. The van der Waals surface area contributed by atoms with Crippen molar-refractivity contribution in [1.29, 1.82) is 0 Å². The van der Waals surface area contributed by atoms with Gasteiger partial charge in [-0.15, -0.1) is 0 Å². The van der Waals surface area contributed by atoms with Crippen molar-refractivity contribution in [3.63, 3.8) is 0 Å². The van der Waals surface area contributed by atoms with E-state index in [0.717, 1.165) is 82.7 Å². The molecule has 0 aliphatic rings. The molecule has 0 aliphatic carbocycles. The number of hydrogen-bond acceptors (Lipinski definition) is 4. The van der Waals surface area contributed by atoms with Gasteiger partial charge in [-0.1, -0.05) is 60.7 Å². The summed E-state index contributed by atoms with van der Waals surface area (Å²) in [5.41, 5.74) is 5.84. The number of pyridine rings is 1. The van der Waals surface area contributed by atoms with Crippen molar-refractivity contribution in [3.05, 3.63) is 118 Å². The van der Waals surface area contributed by atoms with Crippen LogP contribution in [-0.4, -0.2) is 25.2 Å². The van der Waals surface area contributed by atoms with Gasteiger partial charge in [0, 0.05) is 28.8 Å². The summed E-state index contributed by atoms with van der Waals surface area (Å²) in [7, 11) is 2.04. The maximum absolute atomic E-state index is 14.0. The van der Waals surface area contributed by atoms with Gasteiger partial charge >= 0.3 is 0 Å². The average molecular weight is 569 g/mol. The zero-order valence-electron chi connectivity index (χ0n) is 24.0. The summed E-state index contributed by atoms with van der Waals surface area (Å²) in [6.45, 7) is 1.80. The van der Waals surface area contributed by atoms with Gasteiger partial charge in [0.15, 0.2) is 0 Å². The van der Waals surface area contributed by atoms with E-state index < -0.39 is 0 Å². The molecule has 0 saturated carbocycles. The Hall–Kier alpha value is -5.88. The first-order valence-corrected chi connectivity index (χ1v) is 14.6. The lowest BCUT2D eigenvalue weighted by molar-refractivity contribution is -0.104. The highest BCUT2D eigenvalue weighted by Crippen LogP contribution is 2.38. The van der Waals surface area contributed by atoms with Crippen LogP contribution in [-0.2, 0) is 11.8 Å². The molecule has 3 aromatic heterocycles. The molecule has 9 rings (SSSR count). The summed E-state index contributed by atoms with van der Waals surface area (Å²) < 4.78 is 3.86. The number of allylic oxidation sites excluding steroid dienone is 2. The molecule has 0 saturated heterocycles. The Labute approximate surface area is 250 Å². The van der Waals surface area contributed by atoms with E-state index in [4.69, 9.17) is 9.97 Å². The lowest BCUT2D eigenvalue weighted by Crippen LogP contribution is -2.14. The summed E-state index contributed by atoms with van der Waals surface area (Å²) in [5, 5.41) is 8.74. The number of hydrogen-bond donors (Lipinski definition) is 0. The predicted octanol–water partition coefficient (Wildman–Crippen LogP) is 7.10.